The van der Waals surface area contributed by atoms with Crippen LogP contribution in [0.2, 0.25) is 0 Å². The molecule has 0 aliphatic carbocycles. The zero-order valence-corrected chi connectivity index (χ0v) is 29.4. The van der Waals surface area contributed by atoms with Crippen LogP contribution in [0.5, 0.6) is 0 Å². The Hall–Kier alpha value is 4.55. The molecule has 4 atom stereocenters. The Labute approximate surface area is 260 Å². The smallest absolute Gasteiger partial charge is 0.206 e. The maximum absolute atomic E-state index is 11.1. The van der Waals surface area contributed by atoms with Crippen molar-refractivity contribution in [3.8, 4) is 0 Å². The van der Waals surface area contributed by atoms with Crippen LogP contribution in [0.1, 0.15) is 0 Å². The van der Waals surface area contributed by atoms with Crippen molar-refractivity contribution in [3.05, 3.63) is 21.3 Å². The van der Waals surface area contributed by atoms with Crippen LogP contribution in [0.15, 0.2) is 0 Å². The van der Waals surface area contributed by atoms with Gasteiger partial charge in [0.15, 0.2) is 0 Å². The third-order valence-corrected chi connectivity index (χ3v) is 3.49. The fourth-order valence-corrected chi connectivity index (χ4v) is 2.80. The van der Waals surface area contributed by atoms with Crippen LogP contribution >= 0.6 is 0 Å². The number of piperazine rings is 1. The Morgan fingerprint density at radius 1 is 0.600 bits per heavy atom. The van der Waals surface area contributed by atoms with Gasteiger partial charge < -0.3 is 31.1 Å². The van der Waals surface area contributed by atoms with E-state index >= 15 is 0 Å². The quantitative estimate of drug-likeness (QED) is 0.347. The molecule has 12 heteroatoms. The van der Waals surface area contributed by atoms with Crippen LogP contribution < -0.4 is 0 Å². The average molecular weight is 1130 g/mol. The second-order valence-corrected chi connectivity index (χ2v) is 4.18. The van der Waals surface area contributed by atoms with Crippen LogP contribution in [0.3, 0.4) is 0 Å². The van der Waals surface area contributed by atoms with Gasteiger partial charge in [-0.1, -0.05) is 24.7 Å². The van der Waals surface area contributed by atoms with Crippen LogP contribution in [0.4, 0.5) is 0 Å². The summed E-state index contributed by atoms with van der Waals surface area (Å²) in [7, 11) is 0. The molecular weight excluding hydrogens is 1120 g/mol. The molecule has 0 aromatic heterocycles. The molecule has 8 nitrogen and oxygen atoms in total. The van der Waals surface area contributed by atoms with Crippen molar-refractivity contribution in [2.45, 2.75) is 37.0 Å². The van der Waals surface area contributed by atoms with E-state index in [9.17, 15) is 9.59 Å². The number of nitrogens with zero attached hydrogens (tertiary/aromatic N) is 6. The molecule has 20 heavy (non-hydrogen) atoms. The maximum atomic E-state index is 11.1. The van der Waals surface area contributed by atoms with Gasteiger partial charge in [0.05, 0.1) is 0 Å². The molecule has 2 amide bonds. The topological polar surface area (TPSA) is 97.0 Å². The van der Waals surface area contributed by atoms with E-state index in [0.717, 1.165) is 12.8 Å². The first-order chi connectivity index (χ1) is 7.83. The molecule has 6 bridgehead atoms. The van der Waals surface area contributed by atoms with Crippen molar-refractivity contribution in [3.63, 3.8) is 0 Å². The summed E-state index contributed by atoms with van der Waals surface area (Å²) >= 11 is 0. The van der Waals surface area contributed by atoms with Crippen molar-refractivity contribution in [1.82, 2.24) is 9.80 Å². The summed E-state index contributed by atoms with van der Waals surface area (Å²) < 4.78 is 0. The number of amides is 2. The van der Waals surface area contributed by atoms with E-state index in [2.05, 4.69) is 21.3 Å². The predicted molar refractivity (Wildman–Crippen MR) is 52.0 cm³/mol. The standard InChI is InChI=1S/C8H8N6O2.4Ac/c15-1-13-5-7-11-3(9-5)4-10-6(13)8(12-4)14(7)2-16;;;;/h1-8H;;;;/q-4;;;;. The first-order valence-corrected chi connectivity index (χ1v) is 5.09. The van der Waals surface area contributed by atoms with Gasteiger partial charge in [0, 0.05) is 176 Å². The molecule has 0 aromatic carbocycles. The normalized spacial score (nSPS) is 41.8. The van der Waals surface area contributed by atoms with Gasteiger partial charge in [-0.05, 0) is 0 Å². The van der Waals surface area contributed by atoms with Crippen molar-refractivity contribution >= 4 is 12.8 Å². The second-order valence-electron chi connectivity index (χ2n) is 4.18. The Bertz CT molecular complexity index is 321. The number of carbonyl (C=O) groups is 2. The Morgan fingerprint density at radius 3 is 1.05 bits per heavy atom. The molecule has 98 valence electrons. The largest absolute Gasteiger partial charge is 0.660 e. The number of hydrogen-bond donors (Lipinski definition) is 0. The number of carbonyl (C=O) groups excluding carboxylic acids is 2. The summed E-state index contributed by atoms with van der Waals surface area (Å²) in [6.45, 7) is 0. The fourth-order valence-electron chi connectivity index (χ4n) is 2.80. The van der Waals surface area contributed by atoms with E-state index in [1.165, 1.54) is 9.80 Å². The zero-order chi connectivity index (χ0) is 10.9. The molecule has 0 saturated carbocycles. The van der Waals surface area contributed by atoms with Gasteiger partial charge in [-0.3, -0.25) is 21.9 Å². The molecular formula is C8H8Ac4N6O2-4. The van der Waals surface area contributed by atoms with Crippen LogP contribution in [0.25, 0.3) is 21.3 Å². The Kier molecular flexibility index (Phi) is 12.3. The second kappa shape index (κ2) is 10.0. The maximum Gasteiger partial charge on any atom is 0.206 e. The van der Waals surface area contributed by atoms with E-state index in [1.54, 1.807) is 0 Å². The van der Waals surface area contributed by atoms with Crippen LogP contribution in [0, 0.1) is 176 Å². The monoisotopic (exact) mass is 1130 g/mol. The van der Waals surface area contributed by atoms with Gasteiger partial charge in [-0.15, -0.1) is 0 Å². The molecule has 5 aliphatic heterocycles. The molecule has 0 aromatic rings. The molecule has 4 radical (unpaired) electrons. The number of rotatable bonds is 2. The summed E-state index contributed by atoms with van der Waals surface area (Å²) in [6, 6.07) is 0. The van der Waals surface area contributed by atoms with Gasteiger partial charge in [0.2, 0.25) is 12.8 Å². The molecule has 5 heterocycles. The van der Waals surface area contributed by atoms with E-state index in [0.29, 0.717) is 0 Å². The van der Waals surface area contributed by atoms with Gasteiger partial charge >= 0.3 is 0 Å². The minimum atomic E-state index is -0.377. The minimum absolute atomic E-state index is 0. The Balaban J connectivity index is 0.000000902. The fraction of sp³-hybridized carbons (Fsp3) is 0.750. The van der Waals surface area contributed by atoms with Gasteiger partial charge in [0.25, 0.3) is 0 Å². The molecule has 0 spiro atoms. The molecule has 5 fully saturated rings. The predicted octanol–water partition coefficient (Wildman–Crippen LogP) is -0.591. The van der Waals surface area contributed by atoms with Crippen LogP contribution in [-0.2, 0) is 9.59 Å². The van der Waals surface area contributed by atoms with Gasteiger partial charge in [-0.25, -0.2) is 0 Å². The number of hydrogen-bond acceptors (Lipinski definition) is 2. The first kappa shape index (κ1) is 24.5. The summed E-state index contributed by atoms with van der Waals surface area (Å²) in [6.07, 6.45) is -0.695. The van der Waals surface area contributed by atoms with E-state index < -0.39 is 0 Å². The molecule has 5 rings (SSSR count). The molecule has 0 N–H and O–H groups in total. The van der Waals surface area contributed by atoms with E-state index in [1.807, 2.05) is 0 Å². The summed E-state index contributed by atoms with van der Waals surface area (Å²) in [5.41, 5.74) is 0. The van der Waals surface area contributed by atoms with Crippen molar-refractivity contribution in [1.29, 1.82) is 0 Å². The van der Waals surface area contributed by atoms with Crippen LogP contribution in [-0.4, -0.2) is 59.6 Å². The van der Waals surface area contributed by atoms with Crippen molar-refractivity contribution in [2.24, 2.45) is 0 Å². The molecule has 5 saturated heterocycles. The third-order valence-electron chi connectivity index (χ3n) is 3.49. The third kappa shape index (κ3) is 3.79. The van der Waals surface area contributed by atoms with Gasteiger partial charge in [0.1, 0.15) is 0 Å². The van der Waals surface area contributed by atoms with E-state index in [4.69, 9.17) is 0 Å². The van der Waals surface area contributed by atoms with Gasteiger partial charge in [-0.2, -0.15) is 0 Å². The SMILES string of the molecule is O=CN1C2[N-]C3[N-]C2N(C=O)C2[N-]C3[N-]C21.[Ac].[Ac].[Ac].[Ac]. The average Bonchev–Trinajstić information content (AvgIpc) is 2.79. The minimum Gasteiger partial charge on any atom is -0.660 e. The Morgan fingerprint density at radius 2 is 0.850 bits per heavy atom. The first-order valence-electron chi connectivity index (χ1n) is 5.09. The van der Waals surface area contributed by atoms with E-state index in [-0.39, 0.29) is 213 Å². The summed E-state index contributed by atoms with van der Waals surface area (Å²) in [5, 5.41) is 17.5. The summed E-state index contributed by atoms with van der Waals surface area (Å²) in [4.78, 5) is 25.2. The molecule has 4 unspecified atom stereocenters. The summed E-state index contributed by atoms with van der Waals surface area (Å²) in [5.74, 6) is 0. The molecule has 5 aliphatic rings. The zero-order valence-electron chi connectivity index (χ0n) is 10.4. The van der Waals surface area contributed by atoms with Crippen molar-refractivity contribution in [2.75, 3.05) is 0 Å². The van der Waals surface area contributed by atoms with Crippen molar-refractivity contribution < 1.29 is 186 Å².